The van der Waals surface area contributed by atoms with Crippen molar-refractivity contribution in [3.63, 3.8) is 0 Å². The van der Waals surface area contributed by atoms with Crippen LogP contribution < -0.4 is 17.0 Å². The number of aromatic amines is 1. The number of esters is 2. The number of aryl methyl sites for hydroxylation is 1. The molecular formula is C20H32N6O5. The second kappa shape index (κ2) is 10.9. The van der Waals surface area contributed by atoms with E-state index in [0.29, 0.717) is 18.6 Å². The number of H-pyrrole nitrogens is 1. The smallest absolute Gasteiger partial charge is 0.323 e. The number of imidazole rings is 1. The fraction of sp³-hybridized carbons (Fsp3) is 0.650. The molecule has 2 heterocycles. The molecule has 0 aromatic carbocycles. The molecule has 1 unspecified atom stereocenters. The Kier molecular flexibility index (Phi) is 8.55. The van der Waals surface area contributed by atoms with Crippen molar-refractivity contribution in [3.05, 3.63) is 16.7 Å². The molecule has 11 nitrogen and oxygen atoms in total. The van der Waals surface area contributed by atoms with Gasteiger partial charge in [-0.25, -0.2) is 4.98 Å². The maximum atomic E-state index is 12.2. The fourth-order valence-electron chi connectivity index (χ4n) is 2.82. The Morgan fingerprint density at radius 1 is 1.19 bits per heavy atom. The zero-order valence-corrected chi connectivity index (χ0v) is 18.5. The summed E-state index contributed by atoms with van der Waals surface area (Å²) in [6.45, 7) is 7.88. The summed E-state index contributed by atoms with van der Waals surface area (Å²) in [6, 6.07) is -0.708. The first kappa shape index (κ1) is 24.3. The molecule has 0 aliphatic heterocycles. The van der Waals surface area contributed by atoms with Crippen LogP contribution in [0.3, 0.4) is 0 Å². The van der Waals surface area contributed by atoms with Crippen molar-refractivity contribution in [2.45, 2.75) is 53.1 Å². The number of ether oxygens (including phenoxy) is 2. The number of nitrogens with zero attached hydrogens (tertiary/aromatic N) is 3. The molecule has 0 aliphatic rings. The van der Waals surface area contributed by atoms with E-state index in [0.717, 1.165) is 6.42 Å². The first-order valence-corrected chi connectivity index (χ1v) is 10.4. The molecule has 2 rings (SSSR count). The van der Waals surface area contributed by atoms with E-state index in [2.05, 4.69) is 15.0 Å². The molecule has 2 aromatic heterocycles. The van der Waals surface area contributed by atoms with E-state index in [1.807, 2.05) is 13.8 Å². The van der Waals surface area contributed by atoms with Gasteiger partial charge in [0.1, 0.15) is 6.04 Å². The number of hydrogen-bond acceptors (Lipinski definition) is 9. The minimum absolute atomic E-state index is 0.00310. The summed E-state index contributed by atoms with van der Waals surface area (Å²) in [6.07, 6.45) is 2.74. The molecule has 0 saturated carbocycles. The number of nitrogen functional groups attached to an aromatic ring is 1. The quantitative estimate of drug-likeness (QED) is 0.432. The maximum absolute atomic E-state index is 12.2. The van der Waals surface area contributed by atoms with Crippen molar-refractivity contribution in [1.82, 2.24) is 19.5 Å². The number of anilines is 1. The van der Waals surface area contributed by atoms with Crippen molar-refractivity contribution >= 4 is 29.1 Å². The van der Waals surface area contributed by atoms with Crippen LogP contribution in [0, 0.1) is 17.8 Å². The first-order valence-electron chi connectivity index (χ1n) is 10.4. The highest BCUT2D eigenvalue weighted by Gasteiger charge is 2.23. The molecule has 3 atom stereocenters. The molecule has 2 aromatic rings. The zero-order chi connectivity index (χ0) is 23.1. The van der Waals surface area contributed by atoms with Gasteiger partial charge in [0.15, 0.2) is 11.2 Å². The number of hydrogen-bond donors (Lipinski definition) is 3. The molecule has 0 amide bonds. The van der Waals surface area contributed by atoms with Crippen LogP contribution >= 0.6 is 0 Å². The number of fused-ring (bicyclic) bond motifs is 1. The summed E-state index contributed by atoms with van der Waals surface area (Å²) in [4.78, 5) is 46.7. The monoisotopic (exact) mass is 436 g/mol. The van der Waals surface area contributed by atoms with Crippen LogP contribution in [0.15, 0.2) is 11.1 Å². The Balaban J connectivity index is 2.07. The Labute approximate surface area is 180 Å². The minimum Gasteiger partial charge on any atom is -0.465 e. The Hall–Kier alpha value is -2.95. The van der Waals surface area contributed by atoms with Gasteiger partial charge in [-0.05, 0) is 12.3 Å². The highest BCUT2D eigenvalue weighted by Crippen LogP contribution is 2.14. The van der Waals surface area contributed by atoms with Crippen LogP contribution in [-0.2, 0) is 25.6 Å². The number of nitrogens with one attached hydrogen (secondary N) is 1. The van der Waals surface area contributed by atoms with Crippen LogP contribution in [0.1, 0.15) is 40.5 Å². The third kappa shape index (κ3) is 6.51. The summed E-state index contributed by atoms with van der Waals surface area (Å²) in [5.41, 5.74) is 11.7. The number of aromatic nitrogens is 4. The average molecular weight is 437 g/mol. The molecule has 0 aliphatic carbocycles. The zero-order valence-electron chi connectivity index (χ0n) is 18.5. The molecule has 0 bridgehead atoms. The lowest BCUT2D eigenvalue weighted by Gasteiger charge is -2.21. The fourth-order valence-corrected chi connectivity index (χ4v) is 2.82. The lowest BCUT2D eigenvalue weighted by molar-refractivity contribution is -0.152. The predicted octanol–water partition coefficient (Wildman–Crippen LogP) is 0.824. The summed E-state index contributed by atoms with van der Waals surface area (Å²) in [7, 11) is 0. The third-order valence-electron chi connectivity index (χ3n) is 5.19. The summed E-state index contributed by atoms with van der Waals surface area (Å²) >= 11 is 0. The van der Waals surface area contributed by atoms with Gasteiger partial charge in [-0.15, -0.1) is 0 Å². The predicted molar refractivity (Wildman–Crippen MR) is 115 cm³/mol. The van der Waals surface area contributed by atoms with Crippen LogP contribution in [0.4, 0.5) is 5.95 Å². The second-order valence-electron chi connectivity index (χ2n) is 8.04. The molecule has 0 radical (unpaired) electrons. The maximum Gasteiger partial charge on any atom is 0.323 e. The van der Waals surface area contributed by atoms with E-state index in [-0.39, 0.29) is 48.4 Å². The molecule has 0 saturated heterocycles. The van der Waals surface area contributed by atoms with E-state index >= 15 is 0 Å². The van der Waals surface area contributed by atoms with Gasteiger partial charge < -0.3 is 25.5 Å². The van der Waals surface area contributed by atoms with Gasteiger partial charge in [0.05, 0.1) is 25.5 Å². The highest BCUT2D eigenvalue weighted by atomic mass is 16.5. The van der Waals surface area contributed by atoms with Crippen molar-refractivity contribution in [2.75, 3.05) is 18.9 Å². The van der Waals surface area contributed by atoms with Crippen molar-refractivity contribution < 1.29 is 19.1 Å². The molecular weight excluding hydrogens is 404 g/mol. The van der Waals surface area contributed by atoms with Gasteiger partial charge in [0.25, 0.3) is 5.56 Å². The van der Waals surface area contributed by atoms with Gasteiger partial charge in [-0.2, -0.15) is 4.98 Å². The Bertz CT molecular complexity index is 953. The SMILES string of the molecule is CC[C@H](C)[C@H](N)C(=O)OCC(CCn1cnc2c(=O)[nH]c(N)nc21)COC(=O)C(C)C. The molecule has 0 spiro atoms. The number of carbonyl (C=O) groups excluding carboxylic acids is 2. The van der Waals surface area contributed by atoms with E-state index in [1.54, 1.807) is 18.4 Å². The van der Waals surface area contributed by atoms with Crippen LogP contribution in [0.5, 0.6) is 0 Å². The van der Waals surface area contributed by atoms with Crippen LogP contribution in [0.25, 0.3) is 11.2 Å². The van der Waals surface area contributed by atoms with Crippen molar-refractivity contribution in [1.29, 1.82) is 0 Å². The molecule has 5 N–H and O–H groups in total. The molecule has 31 heavy (non-hydrogen) atoms. The Morgan fingerprint density at radius 3 is 2.45 bits per heavy atom. The summed E-state index contributed by atoms with van der Waals surface area (Å²) < 4.78 is 12.4. The van der Waals surface area contributed by atoms with Gasteiger partial charge >= 0.3 is 11.9 Å². The minimum atomic E-state index is -0.708. The first-order chi connectivity index (χ1) is 14.6. The van der Waals surface area contributed by atoms with E-state index < -0.39 is 17.6 Å². The Morgan fingerprint density at radius 2 is 1.84 bits per heavy atom. The van der Waals surface area contributed by atoms with E-state index in [4.69, 9.17) is 20.9 Å². The third-order valence-corrected chi connectivity index (χ3v) is 5.19. The average Bonchev–Trinajstić information content (AvgIpc) is 3.14. The van der Waals surface area contributed by atoms with Crippen molar-refractivity contribution in [3.8, 4) is 0 Å². The van der Waals surface area contributed by atoms with Gasteiger partial charge in [-0.1, -0.05) is 34.1 Å². The summed E-state index contributed by atoms with van der Waals surface area (Å²) in [5, 5.41) is 0. The number of nitrogens with two attached hydrogens (primary N) is 2. The van der Waals surface area contributed by atoms with Crippen LogP contribution in [0.2, 0.25) is 0 Å². The van der Waals surface area contributed by atoms with Gasteiger partial charge in [0.2, 0.25) is 5.95 Å². The summed E-state index contributed by atoms with van der Waals surface area (Å²) in [5.74, 6) is -1.36. The topological polar surface area (TPSA) is 168 Å². The standard InChI is InChI=1S/C20H32N6O5/c1-5-12(4)14(21)19(29)31-9-13(8-30-18(28)11(2)3)6-7-26-10-23-15-16(26)24-20(22)25-17(15)27/h10-14H,5-9,21H2,1-4H3,(H3,22,24,25,27)/t12-,13?,14-/m0/s1. The van der Waals surface area contributed by atoms with E-state index in [1.165, 1.54) is 6.33 Å². The molecule has 11 heteroatoms. The normalized spacial score (nSPS) is 14.4. The van der Waals surface area contributed by atoms with Crippen molar-refractivity contribution in [2.24, 2.45) is 23.5 Å². The van der Waals surface area contributed by atoms with Gasteiger partial charge in [-0.3, -0.25) is 19.4 Å². The lowest BCUT2D eigenvalue weighted by Crippen LogP contribution is -2.39. The highest BCUT2D eigenvalue weighted by molar-refractivity contribution is 5.75. The van der Waals surface area contributed by atoms with Crippen LogP contribution in [-0.4, -0.2) is 50.7 Å². The number of carbonyl (C=O) groups is 2. The van der Waals surface area contributed by atoms with E-state index in [9.17, 15) is 14.4 Å². The largest absolute Gasteiger partial charge is 0.465 e. The molecule has 172 valence electrons. The lowest BCUT2D eigenvalue weighted by atomic mass is 10.0. The second-order valence-corrected chi connectivity index (χ2v) is 8.04. The van der Waals surface area contributed by atoms with Gasteiger partial charge in [0, 0.05) is 12.5 Å². The molecule has 0 fully saturated rings. The number of rotatable bonds is 11.